The number of hydrogen-bond donors (Lipinski definition) is 1. The summed E-state index contributed by atoms with van der Waals surface area (Å²) in [4.78, 5) is 8.93. The Kier molecular flexibility index (Phi) is 5.18. The number of halogens is 1. The van der Waals surface area contributed by atoms with Crippen molar-refractivity contribution in [3.8, 4) is 0 Å². The van der Waals surface area contributed by atoms with Gasteiger partial charge in [-0.25, -0.2) is 9.97 Å². The molecule has 1 atom stereocenters. The summed E-state index contributed by atoms with van der Waals surface area (Å²) >= 11 is 6.21. The third-order valence-corrected chi connectivity index (χ3v) is 3.90. The fraction of sp³-hybridized carbons (Fsp3) is 0.412. The minimum atomic E-state index is 0.171. The molecule has 0 spiro atoms. The van der Waals surface area contributed by atoms with Gasteiger partial charge in [-0.3, -0.25) is 0 Å². The molecule has 0 aliphatic rings. The molecule has 2 rings (SSSR count). The number of nitrogens with zero attached hydrogens (tertiary/aromatic N) is 2. The van der Waals surface area contributed by atoms with Gasteiger partial charge < -0.3 is 5.32 Å². The van der Waals surface area contributed by atoms with Crippen LogP contribution in [0.3, 0.4) is 0 Å². The van der Waals surface area contributed by atoms with Crippen molar-refractivity contribution in [3.63, 3.8) is 0 Å². The molecule has 1 aromatic heterocycles. The van der Waals surface area contributed by atoms with Gasteiger partial charge in [-0.15, -0.1) is 0 Å². The van der Waals surface area contributed by atoms with E-state index in [-0.39, 0.29) is 6.04 Å². The van der Waals surface area contributed by atoms with Gasteiger partial charge in [-0.2, -0.15) is 0 Å². The number of anilines is 1. The molecule has 112 valence electrons. The molecule has 1 heterocycles. The van der Waals surface area contributed by atoms with Crippen molar-refractivity contribution in [1.82, 2.24) is 9.97 Å². The lowest BCUT2D eigenvalue weighted by molar-refractivity contribution is 0.814. The molecule has 0 radical (unpaired) electrons. The van der Waals surface area contributed by atoms with Crippen LogP contribution in [0.2, 0.25) is 5.15 Å². The Bertz CT molecular complexity index is 608. The topological polar surface area (TPSA) is 37.8 Å². The molecular formula is C17H22ClN3. The molecule has 4 heteroatoms. The molecule has 0 saturated carbocycles. The number of benzene rings is 1. The Morgan fingerprint density at radius 3 is 2.43 bits per heavy atom. The maximum Gasteiger partial charge on any atom is 0.137 e. The third kappa shape index (κ3) is 3.94. The molecule has 1 N–H and O–H groups in total. The van der Waals surface area contributed by atoms with Crippen LogP contribution in [-0.4, -0.2) is 9.97 Å². The Hall–Kier alpha value is -1.61. The van der Waals surface area contributed by atoms with E-state index >= 15 is 0 Å². The molecule has 0 amide bonds. The van der Waals surface area contributed by atoms with Gasteiger partial charge in [-0.05, 0) is 32.8 Å². The van der Waals surface area contributed by atoms with Gasteiger partial charge in [-0.1, -0.05) is 48.4 Å². The van der Waals surface area contributed by atoms with Crippen LogP contribution in [0.4, 0.5) is 5.82 Å². The highest BCUT2D eigenvalue weighted by molar-refractivity contribution is 6.30. The lowest BCUT2D eigenvalue weighted by Gasteiger charge is -2.18. The van der Waals surface area contributed by atoms with E-state index in [4.69, 9.17) is 11.6 Å². The smallest absolute Gasteiger partial charge is 0.137 e. The molecule has 0 fully saturated rings. The predicted molar refractivity (Wildman–Crippen MR) is 89.0 cm³/mol. The second-order valence-electron chi connectivity index (χ2n) is 5.43. The average Bonchev–Trinajstić information content (AvgIpc) is 2.45. The Labute approximate surface area is 131 Å². The SMILES string of the molecule is CCCc1nc(Cl)c(C)c(NC(C)c2ccc(C)cc2)n1. The van der Waals surface area contributed by atoms with Crippen LogP contribution in [0.25, 0.3) is 0 Å². The molecular weight excluding hydrogens is 282 g/mol. The summed E-state index contributed by atoms with van der Waals surface area (Å²) in [5, 5.41) is 3.98. The van der Waals surface area contributed by atoms with Gasteiger partial charge >= 0.3 is 0 Å². The minimum Gasteiger partial charge on any atom is -0.363 e. The first-order valence-corrected chi connectivity index (χ1v) is 7.75. The van der Waals surface area contributed by atoms with Gasteiger partial charge in [0.2, 0.25) is 0 Å². The second kappa shape index (κ2) is 6.90. The van der Waals surface area contributed by atoms with Crippen LogP contribution >= 0.6 is 11.6 Å². The van der Waals surface area contributed by atoms with E-state index in [2.05, 4.69) is 60.3 Å². The largest absolute Gasteiger partial charge is 0.363 e. The highest BCUT2D eigenvalue weighted by Crippen LogP contribution is 2.25. The fourth-order valence-corrected chi connectivity index (χ4v) is 2.34. The van der Waals surface area contributed by atoms with Gasteiger partial charge in [0.15, 0.2) is 0 Å². The third-order valence-electron chi connectivity index (χ3n) is 3.54. The van der Waals surface area contributed by atoms with E-state index < -0.39 is 0 Å². The summed E-state index contributed by atoms with van der Waals surface area (Å²) in [6, 6.07) is 8.69. The quantitative estimate of drug-likeness (QED) is 0.801. The van der Waals surface area contributed by atoms with Gasteiger partial charge in [0.25, 0.3) is 0 Å². The Morgan fingerprint density at radius 1 is 1.14 bits per heavy atom. The van der Waals surface area contributed by atoms with Crippen LogP contribution in [0, 0.1) is 13.8 Å². The van der Waals surface area contributed by atoms with Crippen LogP contribution in [0.1, 0.15) is 48.8 Å². The maximum absolute atomic E-state index is 6.21. The standard InChI is InChI=1S/C17H22ClN3/c1-5-6-15-20-16(18)12(3)17(21-15)19-13(4)14-9-7-11(2)8-10-14/h7-10,13H,5-6H2,1-4H3,(H,19,20,21). The lowest BCUT2D eigenvalue weighted by Crippen LogP contribution is -2.11. The van der Waals surface area contributed by atoms with Crippen molar-refractivity contribution < 1.29 is 0 Å². The lowest BCUT2D eigenvalue weighted by atomic mass is 10.1. The molecule has 3 nitrogen and oxygen atoms in total. The van der Waals surface area contributed by atoms with Crippen molar-refractivity contribution in [2.45, 2.75) is 46.6 Å². The van der Waals surface area contributed by atoms with Gasteiger partial charge in [0, 0.05) is 18.0 Å². The van der Waals surface area contributed by atoms with Crippen molar-refractivity contribution in [2.75, 3.05) is 5.32 Å². The zero-order chi connectivity index (χ0) is 15.4. The zero-order valence-electron chi connectivity index (χ0n) is 13.1. The summed E-state index contributed by atoms with van der Waals surface area (Å²) < 4.78 is 0. The molecule has 21 heavy (non-hydrogen) atoms. The monoisotopic (exact) mass is 303 g/mol. The molecule has 1 unspecified atom stereocenters. The molecule has 0 aliphatic heterocycles. The first kappa shape index (κ1) is 15.8. The minimum absolute atomic E-state index is 0.171. The van der Waals surface area contributed by atoms with E-state index in [0.717, 1.165) is 30.0 Å². The Balaban J connectivity index is 2.23. The molecule has 1 aromatic carbocycles. The van der Waals surface area contributed by atoms with Crippen molar-refractivity contribution in [3.05, 3.63) is 51.9 Å². The van der Waals surface area contributed by atoms with E-state index in [1.54, 1.807) is 0 Å². The van der Waals surface area contributed by atoms with Crippen LogP contribution in [0.5, 0.6) is 0 Å². The van der Waals surface area contributed by atoms with Crippen LogP contribution in [0.15, 0.2) is 24.3 Å². The zero-order valence-corrected chi connectivity index (χ0v) is 13.8. The van der Waals surface area contributed by atoms with Gasteiger partial charge in [0.1, 0.15) is 16.8 Å². The number of nitrogens with one attached hydrogen (secondary N) is 1. The second-order valence-corrected chi connectivity index (χ2v) is 5.79. The average molecular weight is 304 g/mol. The van der Waals surface area contributed by atoms with E-state index in [1.165, 1.54) is 11.1 Å². The van der Waals surface area contributed by atoms with E-state index in [9.17, 15) is 0 Å². The van der Waals surface area contributed by atoms with Crippen molar-refractivity contribution in [2.24, 2.45) is 0 Å². The van der Waals surface area contributed by atoms with Crippen molar-refractivity contribution in [1.29, 1.82) is 0 Å². The number of aromatic nitrogens is 2. The summed E-state index contributed by atoms with van der Waals surface area (Å²) in [7, 11) is 0. The summed E-state index contributed by atoms with van der Waals surface area (Å²) in [6.07, 6.45) is 1.85. The summed E-state index contributed by atoms with van der Waals surface area (Å²) in [5.41, 5.74) is 3.39. The normalized spacial score (nSPS) is 12.2. The predicted octanol–water partition coefficient (Wildman–Crippen LogP) is 4.87. The summed E-state index contributed by atoms with van der Waals surface area (Å²) in [6.45, 7) is 8.27. The first-order chi connectivity index (χ1) is 10.0. The van der Waals surface area contributed by atoms with Crippen LogP contribution in [-0.2, 0) is 6.42 Å². The molecule has 0 saturated heterocycles. The number of aryl methyl sites for hydroxylation is 2. The number of rotatable bonds is 5. The Morgan fingerprint density at radius 2 is 1.81 bits per heavy atom. The maximum atomic E-state index is 6.21. The fourth-order valence-electron chi connectivity index (χ4n) is 2.15. The van der Waals surface area contributed by atoms with E-state index in [1.807, 2.05) is 6.92 Å². The highest BCUT2D eigenvalue weighted by atomic mass is 35.5. The van der Waals surface area contributed by atoms with Gasteiger partial charge in [0.05, 0.1) is 0 Å². The van der Waals surface area contributed by atoms with Crippen molar-refractivity contribution >= 4 is 17.4 Å². The molecule has 0 bridgehead atoms. The summed E-state index contributed by atoms with van der Waals surface area (Å²) in [5.74, 6) is 1.62. The highest BCUT2D eigenvalue weighted by Gasteiger charge is 2.12. The first-order valence-electron chi connectivity index (χ1n) is 7.37. The van der Waals surface area contributed by atoms with Crippen LogP contribution < -0.4 is 5.32 Å². The molecule has 2 aromatic rings. The molecule has 0 aliphatic carbocycles. The van der Waals surface area contributed by atoms with E-state index in [0.29, 0.717) is 5.15 Å². The number of hydrogen-bond acceptors (Lipinski definition) is 3.